The lowest BCUT2D eigenvalue weighted by Crippen LogP contribution is -2.31. The summed E-state index contributed by atoms with van der Waals surface area (Å²) in [5.41, 5.74) is 0.233. The van der Waals surface area contributed by atoms with Crippen LogP contribution in [0.2, 0.25) is 5.02 Å². The van der Waals surface area contributed by atoms with Gasteiger partial charge in [-0.25, -0.2) is 9.37 Å². The minimum Gasteiger partial charge on any atom is -0.503 e. The number of rotatable bonds is 4. The minimum absolute atomic E-state index is 0.0434. The number of amides is 1. The number of hydrogen-bond acceptors (Lipinski definition) is 6. The van der Waals surface area contributed by atoms with E-state index in [9.17, 15) is 19.1 Å². The summed E-state index contributed by atoms with van der Waals surface area (Å²) >= 11 is 7.38. The van der Waals surface area contributed by atoms with Crippen LogP contribution in [0, 0.1) is 12.7 Å². The van der Waals surface area contributed by atoms with Crippen molar-refractivity contribution in [2.24, 2.45) is 0 Å². The van der Waals surface area contributed by atoms with Crippen molar-refractivity contribution in [3.8, 4) is 0 Å². The number of anilines is 1. The molecule has 0 radical (unpaired) electrons. The van der Waals surface area contributed by atoms with Crippen LogP contribution in [0.4, 0.5) is 9.52 Å². The quantitative estimate of drug-likeness (QED) is 0.384. The van der Waals surface area contributed by atoms with Gasteiger partial charge in [0.25, 0.3) is 5.91 Å². The zero-order valence-electron chi connectivity index (χ0n) is 16.5. The highest BCUT2D eigenvalue weighted by atomic mass is 35.5. The fourth-order valence-electron chi connectivity index (χ4n) is 3.72. The SMILES string of the molecule is Cc1ccc(C(=O)C2=C(O)C(=O)N(c3nc4c(Cl)cccc4s3)C2c2ccccc2F)o1. The Morgan fingerprint density at radius 3 is 2.66 bits per heavy atom. The van der Waals surface area contributed by atoms with Crippen LogP contribution in [0.15, 0.2) is 70.3 Å². The monoisotopic (exact) mass is 468 g/mol. The van der Waals surface area contributed by atoms with Crippen LogP contribution in [-0.4, -0.2) is 21.8 Å². The predicted octanol–water partition coefficient (Wildman–Crippen LogP) is 5.77. The van der Waals surface area contributed by atoms with Crippen molar-refractivity contribution < 1.29 is 23.5 Å². The first-order valence-electron chi connectivity index (χ1n) is 9.54. The van der Waals surface area contributed by atoms with E-state index in [1.165, 1.54) is 24.3 Å². The minimum atomic E-state index is -1.24. The topological polar surface area (TPSA) is 83.6 Å². The van der Waals surface area contributed by atoms with E-state index in [2.05, 4.69) is 4.98 Å². The highest BCUT2D eigenvalue weighted by molar-refractivity contribution is 7.22. The van der Waals surface area contributed by atoms with Gasteiger partial charge in [0.1, 0.15) is 23.1 Å². The van der Waals surface area contributed by atoms with E-state index in [-0.39, 0.29) is 22.0 Å². The van der Waals surface area contributed by atoms with Gasteiger partial charge in [0.15, 0.2) is 16.7 Å². The molecular weight excluding hydrogens is 455 g/mol. The van der Waals surface area contributed by atoms with Gasteiger partial charge in [0.2, 0.25) is 5.78 Å². The number of fused-ring (bicyclic) bond motifs is 1. The van der Waals surface area contributed by atoms with E-state index in [0.29, 0.717) is 21.0 Å². The molecule has 1 N–H and O–H groups in total. The third-order valence-corrected chi connectivity index (χ3v) is 6.51. The molecule has 2 aromatic carbocycles. The molecule has 3 heterocycles. The van der Waals surface area contributed by atoms with E-state index < -0.39 is 29.3 Å². The highest BCUT2D eigenvalue weighted by Gasteiger charge is 2.47. The Kier molecular flexibility index (Phi) is 4.83. The lowest BCUT2D eigenvalue weighted by molar-refractivity contribution is -0.117. The van der Waals surface area contributed by atoms with Crippen LogP contribution >= 0.6 is 22.9 Å². The number of thiazole rings is 1. The number of carbonyl (C=O) groups is 2. The first-order chi connectivity index (χ1) is 15.4. The number of aryl methyl sites for hydroxylation is 1. The summed E-state index contributed by atoms with van der Waals surface area (Å²) in [6.07, 6.45) is 0. The number of benzene rings is 2. The number of aliphatic hydroxyl groups is 1. The molecule has 2 aromatic heterocycles. The van der Waals surface area contributed by atoms with Gasteiger partial charge in [-0.1, -0.05) is 47.2 Å². The van der Waals surface area contributed by atoms with Gasteiger partial charge in [0, 0.05) is 5.56 Å². The number of furan rings is 1. The second kappa shape index (κ2) is 7.58. The summed E-state index contributed by atoms with van der Waals surface area (Å²) in [6, 6.07) is 12.8. The van der Waals surface area contributed by atoms with Gasteiger partial charge in [-0.05, 0) is 37.3 Å². The van der Waals surface area contributed by atoms with Crippen molar-refractivity contribution >= 4 is 50.0 Å². The van der Waals surface area contributed by atoms with E-state index >= 15 is 0 Å². The molecule has 9 heteroatoms. The Morgan fingerprint density at radius 2 is 1.97 bits per heavy atom. The molecule has 0 bridgehead atoms. The lowest BCUT2D eigenvalue weighted by atomic mass is 9.95. The molecular formula is C23H14ClFN2O4S. The maximum atomic E-state index is 14.9. The van der Waals surface area contributed by atoms with Crippen LogP contribution in [-0.2, 0) is 4.79 Å². The van der Waals surface area contributed by atoms with Crippen molar-refractivity contribution in [3.05, 3.63) is 93.9 Å². The van der Waals surface area contributed by atoms with E-state index in [0.717, 1.165) is 16.2 Å². The molecule has 5 rings (SSSR count). The second-order valence-electron chi connectivity index (χ2n) is 7.18. The molecule has 32 heavy (non-hydrogen) atoms. The third-order valence-electron chi connectivity index (χ3n) is 5.18. The van der Waals surface area contributed by atoms with Crippen molar-refractivity contribution in [1.82, 2.24) is 4.98 Å². The summed E-state index contributed by atoms with van der Waals surface area (Å²) in [6.45, 7) is 1.66. The molecule has 1 amide bonds. The number of para-hydroxylation sites is 1. The summed E-state index contributed by atoms with van der Waals surface area (Å²) in [4.78, 5) is 32.0. The second-order valence-corrected chi connectivity index (χ2v) is 8.60. The van der Waals surface area contributed by atoms with Gasteiger partial charge >= 0.3 is 0 Å². The van der Waals surface area contributed by atoms with Gasteiger partial charge in [-0.15, -0.1) is 0 Å². The largest absolute Gasteiger partial charge is 0.503 e. The number of halogens is 2. The number of Topliss-reactive ketones (excluding diaryl/α,β-unsaturated/α-hetero) is 1. The average molecular weight is 469 g/mol. The van der Waals surface area contributed by atoms with Crippen LogP contribution < -0.4 is 4.90 Å². The molecule has 0 spiro atoms. The molecule has 1 aliphatic heterocycles. The molecule has 1 aliphatic rings. The third kappa shape index (κ3) is 3.11. The Morgan fingerprint density at radius 1 is 1.19 bits per heavy atom. The average Bonchev–Trinajstić information content (AvgIpc) is 3.46. The molecule has 1 unspecified atom stereocenters. The molecule has 0 saturated heterocycles. The van der Waals surface area contributed by atoms with Crippen LogP contribution in [0.3, 0.4) is 0 Å². The standard InChI is InChI=1S/C23H14ClFN2O4S/c1-11-9-10-15(31-11)20(28)17-19(12-5-2-3-7-14(12)25)27(22(30)21(17)29)23-26-18-13(24)6-4-8-16(18)32-23/h2-10,19,29H,1H3. The maximum absolute atomic E-state index is 14.9. The Balaban J connectivity index is 1.71. The fourth-order valence-corrected chi connectivity index (χ4v) is 5.01. The lowest BCUT2D eigenvalue weighted by Gasteiger charge is -2.24. The van der Waals surface area contributed by atoms with Gasteiger partial charge in [0.05, 0.1) is 15.3 Å². The molecule has 0 saturated carbocycles. The Labute approximate surface area is 190 Å². The zero-order chi connectivity index (χ0) is 22.6. The molecule has 0 fully saturated rings. The van der Waals surface area contributed by atoms with Gasteiger partial charge in [-0.2, -0.15) is 0 Å². The van der Waals surface area contributed by atoms with Crippen molar-refractivity contribution in [2.45, 2.75) is 13.0 Å². The molecule has 0 aliphatic carbocycles. The Bertz CT molecular complexity index is 1440. The summed E-state index contributed by atoms with van der Waals surface area (Å²) in [7, 11) is 0. The van der Waals surface area contributed by atoms with Crippen molar-refractivity contribution in [2.75, 3.05) is 4.90 Å². The number of carbonyl (C=O) groups excluding carboxylic acids is 2. The number of nitrogens with zero attached hydrogens (tertiary/aromatic N) is 2. The Hall–Kier alpha value is -3.49. The van der Waals surface area contributed by atoms with E-state index in [4.69, 9.17) is 16.0 Å². The number of aromatic nitrogens is 1. The smallest absolute Gasteiger partial charge is 0.296 e. The molecule has 6 nitrogen and oxygen atoms in total. The molecule has 160 valence electrons. The number of aliphatic hydroxyl groups excluding tert-OH is 1. The predicted molar refractivity (Wildman–Crippen MR) is 119 cm³/mol. The summed E-state index contributed by atoms with van der Waals surface area (Å²) < 4.78 is 21.0. The maximum Gasteiger partial charge on any atom is 0.296 e. The number of ketones is 1. The molecule has 4 aromatic rings. The normalized spacial score (nSPS) is 16.4. The summed E-state index contributed by atoms with van der Waals surface area (Å²) in [5, 5.41) is 11.3. The first kappa shape index (κ1) is 20.4. The van der Waals surface area contributed by atoms with Crippen LogP contribution in [0.5, 0.6) is 0 Å². The van der Waals surface area contributed by atoms with Crippen molar-refractivity contribution in [1.29, 1.82) is 0 Å². The molecule has 1 atom stereocenters. The fraction of sp³-hybridized carbons (Fsp3) is 0.0870. The van der Waals surface area contributed by atoms with E-state index in [1.807, 2.05) is 0 Å². The summed E-state index contributed by atoms with van der Waals surface area (Å²) in [5.74, 6) is -2.56. The highest BCUT2D eigenvalue weighted by Crippen LogP contribution is 2.45. The number of hydrogen-bond donors (Lipinski definition) is 1. The van der Waals surface area contributed by atoms with Crippen LogP contribution in [0.25, 0.3) is 10.2 Å². The van der Waals surface area contributed by atoms with Crippen LogP contribution in [0.1, 0.15) is 27.9 Å². The van der Waals surface area contributed by atoms with Gasteiger partial charge in [-0.3, -0.25) is 14.5 Å². The van der Waals surface area contributed by atoms with Crippen molar-refractivity contribution in [3.63, 3.8) is 0 Å². The van der Waals surface area contributed by atoms with Gasteiger partial charge < -0.3 is 9.52 Å². The van der Waals surface area contributed by atoms with E-state index in [1.54, 1.807) is 37.3 Å². The zero-order valence-corrected chi connectivity index (χ0v) is 18.1. The first-order valence-corrected chi connectivity index (χ1v) is 10.7.